The van der Waals surface area contributed by atoms with Crippen LogP contribution in [0.15, 0.2) is 0 Å². The molecule has 0 heterocycles. The highest BCUT2D eigenvalue weighted by Crippen LogP contribution is 2.77. The van der Waals surface area contributed by atoms with Crippen LogP contribution in [-0.2, 0) is 14.4 Å². The number of carboxylic acid groups (broad SMARTS) is 2. The van der Waals surface area contributed by atoms with Gasteiger partial charge in [-0.25, -0.2) is 0 Å². The Morgan fingerprint density at radius 1 is 0.800 bits per heavy atom. The molecule has 0 aromatic heterocycles. The van der Waals surface area contributed by atoms with Crippen molar-refractivity contribution in [3.8, 4) is 0 Å². The first kappa shape index (κ1) is 25.3. The molecule has 0 amide bonds. The molecule has 5 heteroatoms. The van der Waals surface area contributed by atoms with E-state index in [0.29, 0.717) is 37.4 Å². The third-order valence-corrected chi connectivity index (χ3v) is 13.6. The van der Waals surface area contributed by atoms with Gasteiger partial charge in [0, 0.05) is 11.8 Å². The molecule has 5 fully saturated rings. The van der Waals surface area contributed by atoms with Crippen molar-refractivity contribution in [3.05, 3.63) is 0 Å². The smallest absolute Gasteiger partial charge is 0.310 e. The van der Waals surface area contributed by atoms with Crippen LogP contribution in [0.4, 0.5) is 0 Å². The molecule has 0 spiro atoms. The molecule has 0 aromatic carbocycles. The molecule has 5 rings (SSSR count). The minimum absolute atomic E-state index is 0.0510. The van der Waals surface area contributed by atoms with Crippen molar-refractivity contribution in [1.29, 1.82) is 0 Å². The molecule has 5 saturated carbocycles. The van der Waals surface area contributed by atoms with Gasteiger partial charge in [-0.3, -0.25) is 14.4 Å². The lowest BCUT2D eigenvalue weighted by molar-refractivity contribution is -0.255. The van der Waals surface area contributed by atoms with Crippen molar-refractivity contribution >= 4 is 17.7 Å². The molecular formula is C30H46O5. The maximum absolute atomic E-state index is 13.5. The van der Waals surface area contributed by atoms with Crippen LogP contribution in [0.25, 0.3) is 0 Å². The average Bonchev–Trinajstić information content (AvgIpc) is 2.78. The summed E-state index contributed by atoms with van der Waals surface area (Å²) < 4.78 is 0. The van der Waals surface area contributed by atoms with Gasteiger partial charge in [0.05, 0.1) is 10.8 Å². The van der Waals surface area contributed by atoms with Crippen molar-refractivity contribution in [1.82, 2.24) is 0 Å². The van der Waals surface area contributed by atoms with E-state index in [1.165, 1.54) is 0 Å². The number of aliphatic carboxylic acids is 2. The van der Waals surface area contributed by atoms with E-state index in [9.17, 15) is 24.6 Å². The lowest BCUT2D eigenvalue weighted by Crippen LogP contribution is -2.70. The standard InChI is InChI=1S/C30H46O5/c1-17-9-14-29(24(32)33)15-16-30(25(34)35)19(23(29)18(17)2)7-8-21-27(5)12-11-22(31)26(3,4)20(27)10-13-28(21,30)6/h17-21,23H,7-16H2,1-6H3,(H,32,33)(H,34,35). The Morgan fingerprint density at radius 3 is 2.11 bits per heavy atom. The number of hydrogen-bond acceptors (Lipinski definition) is 3. The predicted molar refractivity (Wildman–Crippen MR) is 134 cm³/mol. The second-order valence-electron chi connectivity index (χ2n) is 14.5. The number of Topliss-reactive ketones (excluding diaryl/α,β-unsaturated/α-hetero) is 1. The summed E-state index contributed by atoms with van der Waals surface area (Å²) in [5.41, 5.74) is -2.46. The predicted octanol–water partition coefficient (Wildman–Crippen LogP) is 6.44. The highest BCUT2D eigenvalue weighted by molar-refractivity contribution is 5.85. The summed E-state index contributed by atoms with van der Waals surface area (Å²) in [6.07, 6.45) is 7.50. The van der Waals surface area contributed by atoms with Gasteiger partial charge in [-0.2, -0.15) is 0 Å². The van der Waals surface area contributed by atoms with Crippen LogP contribution >= 0.6 is 0 Å². The Hall–Kier alpha value is -1.39. The number of ketones is 1. The highest BCUT2D eigenvalue weighted by atomic mass is 16.4. The van der Waals surface area contributed by atoms with Crippen molar-refractivity contribution in [2.45, 2.75) is 106 Å². The molecule has 196 valence electrons. The van der Waals surface area contributed by atoms with Crippen LogP contribution < -0.4 is 0 Å². The van der Waals surface area contributed by atoms with Crippen molar-refractivity contribution in [3.63, 3.8) is 0 Å². The zero-order chi connectivity index (χ0) is 25.8. The van der Waals surface area contributed by atoms with E-state index in [1.54, 1.807) is 0 Å². The normalized spacial score (nSPS) is 52.9. The molecule has 35 heavy (non-hydrogen) atoms. The van der Waals surface area contributed by atoms with Gasteiger partial charge in [0.15, 0.2) is 0 Å². The molecule has 5 aliphatic carbocycles. The van der Waals surface area contributed by atoms with Gasteiger partial charge in [-0.05, 0) is 104 Å². The Morgan fingerprint density at radius 2 is 1.49 bits per heavy atom. The van der Waals surface area contributed by atoms with E-state index >= 15 is 0 Å². The maximum atomic E-state index is 13.5. The fraction of sp³-hybridized carbons (Fsp3) is 0.900. The first-order valence-corrected chi connectivity index (χ1v) is 14.2. The summed E-state index contributed by atoms with van der Waals surface area (Å²) in [4.78, 5) is 39.3. The second-order valence-corrected chi connectivity index (χ2v) is 14.5. The zero-order valence-electron chi connectivity index (χ0n) is 22.7. The van der Waals surface area contributed by atoms with Crippen molar-refractivity contribution in [2.24, 2.45) is 62.6 Å². The molecule has 0 saturated heterocycles. The number of rotatable bonds is 2. The summed E-state index contributed by atoms with van der Waals surface area (Å²) in [6.45, 7) is 13.3. The van der Waals surface area contributed by atoms with Gasteiger partial charge >= 0.3 is 11.9 Å². The summed E-state index contributed by atoms with van der Waals surface area (Å²) in [7, 11) is 0. The van der Waals surface area contributed by atoms with E-state index in [1.807, 2.05) is 0 Å². The SMILES string of the molecule is CC1CCC2(C(=O)O)CCC3(C(=O)O)C(CCC4C5(C)CCC(=O)C(C)(C)C5CCC43C)C2C1C. The number of carbonyl (C=O) groups excluding carboxylic acids is 1. The Bertz CT molecular complexity index is 954. The maximum Gasteiger partial charge on any atom is 0.310 e. The number of fused-ring (bicyclic) bond motifs is 7. The van der Waals surface area contributed by atoms with Crippen molar-refractivity contribution in [2.75, 3.05) is 0 Å². The second kappa shape index (κ2) is 7.57. The fourth-order valence-electron chi connectivity index (χ4n) is 11.6. The molecule has 0 aromatic rings. The molecule has 2 N–H and O–H groups in total. The summed E-state index contributed by atoms with van der Waals surface area (Å²) in [5, 5.41) is 21.7. The van der Waals surface area contributed by atoms with E-state index in [2.05, 4.69) is 41.5 Å². The number of carbonyl (C=O) groups is 3. The van der Waals surface area contributed by atoms with Gasteiger partial charge in [0.2, 0.25) is 0 Å². The van der Waals surface area contributed by atoms with E-state index in [4.69, 9.17) is 0 Å². The zero-order valence-corrected chi connectivity index (χ0v) is 22.7. The summed E-state index contributed by atoms with van der Waals surface area (Å²) in [6, 6.07) is 0. The quantitative estimate of drug-likeness (QED) is 0.468. The molecule has 5 nitrogen and oxygen atoms in total. The Labute approximate surface area is 210 Å². The molecular weight excluding hydrogens is 440 g/mol. The fourth-order valence-corrected chi connectivity index (χ4v) is 11.6. The molecule has 0 aliphatic heterocycles. The first-order valence-electron chi connectivity index (χ1n) is 14.2. The molecule has 10 unspecified atom stereocenters. The van der Waals surface area contributed by atoms with Crippen LogP contribution in [0, 0.1) is 62.6 Å². The summed E-state index contributed by atoms with van der Waals surface area (Å²) in [5.74, 6) is -0.0388. The van der Waals surface area contributed by atoms with Gasteiger partial charge in [-0.15, -0.1) is 0 Å². The van der Waals surface area contributed by atoms with Crippen LogP contribution in [-0.4, -0.2) is 27.9 Å². The number of carboxylic acids is 2. The minimum atomic E-state index is -0.884. The van der Waals surface area contributed by atoms with E-state index < -0.39 is 22.8 Å². The third-order valence-electron chi connectivity index (χ3n) is 13.6. The van der Waals surface area contributed by atoms with Gasteiger partial charge < -0.3 is 10.2 Å². The number of hydrogen-bond donors (Lipinski definition) is 2. The van der Waals surface area contributed by atoms with Crippen LogP contribution in [0.1, 0.15) is 106 Å². The van der Waals surface area contributed by atoms with Crippen LogP contribution in [0.2, 0.25) is 0 Å². The van der Waals surface area contributed by atoms with Gasteiger partial charge in [0.25, 0.3) is 0 Å². The molecule has 0 radical (unpaired) electrons. The van der Waals surface area contributed by atoms with E-state index in [-0.39, 0.29) is 45.8 Å². The molecule has 10 atom stereocenters. The Kier molecular flexibility index (Phi) is 5.46. The first-order chi connectivity index (χ1) is 16.2. The largest absolute Gasteiger partial charge is 0.481 e. The molecule has 5 aliphatic rings. The molecule has 0 bridgehead atoms. The monoisotopic (exact) mass is 486 g/mol. The Balaban J connectivity index is 1.64. The highest BCUT2D eigenvalue weighted by Gasteiger charge is 2.75. The van der Waals surface area contributed by atoms with Crippen LogP contribution in [0.3, 0.4) is 0 Å². The van der Waals surface area contributed by atoms with Gasteiger partial charge in [0.1, 0.15) is 5.78 Å². The summed E-state index contributed by atoms with van der Waals surface area (Å²) >= 11 is 0. The minimum Gasteiger partial charge on any atom is -0.481 e. The van der Waals surface area contributed by atoms with Crippen molar-refractivity contribution < 1.29 is 24.6 Å². The van der Waals surface area contributed by atoms with Gasteiger partial charge in [-0.1, -0.05) is 41.5 Å². The van der Waals surface area contributed by atoms with E-state index in [0.717, 1.165) is 38.5 Å². The van der Waals surface area contributed by atoms with Crippen LogP contribution in [0.5, 0.6) is 0 Å². The third kappa shape index (κ3) is 2.85. The average molecular weight is 487 g/mol. The lowest BCUT2D eigenvalue weighted by Gasteiger charge is -2.72. The lowest BCUT2D eigenvalue weighted by atomic mass is 9.31. The topological polar surface area (TPSA) is 91.7 Å².